The lowest BCUT2D eigenvalue weighted by molar-refractivity contribution is -0.113. The van der Waals surface area contributed by atoms with E-state index in [9.17, 15) is 29.0 Å². The number of urea groups is 1. The number of halogens is 1. The number of amides is 2. The van der Waals surface area contributed by atoms with Crippen LogP contribution < -0.4 is 10.6 Å². The number of ether oxygens (including phenoxy) is 1. The maximum absolute atomic E-state index is 13.3. The van der Waals surface area contributed by atoms with E-state index in [2.05, 4.69) is 39.4 Å². The zero-order valence-electron chi connectivity index (χ0n) is 23.5. The van der Waals surface area contributed by atoms with Gasteiger partial charge >= 0.3 is 21.2 Å². The van der Waals surface area contributed by atoms with Crippen LogP contribution in [0.25, 0.3) is 11.2 Å². The minimum atomic E-state index is -4.86. The topological polar surface area (TPSA) is 238 Å². The average Bonchev–Trinajstić information content (AvgIpc) is 3.34. The van der Waals surface area contributed by atoms with E-state index in [0.717, 1.165) is 25.7 Å². The van der Waals surface area contributed by atoms with Crippen molar-refractivity contribution in [2.24, 2.45) is 16.7 Å². The van der Waals surface area contributed by atoms with E-state index in [1.807, 2.05) is 0 Å². The van der Waals surface area contributed by atoms with Crippen molar-refractivity contribution in [3.05, 3.63) is 11.6 Å². The van der Waals surface area contributed by atoms with Crippen LogP contribution in [0.1, 0.15) is 58.6 Å². The molecule has 4 saturated carbocycles. The van der Waals surface area contributed by atoms with Crippen molar-refractivity contribution in [3.63, 3.8) is 0 Å². The number of nitrogens with zero attached hydrogens (tertiary/aromatic N) is 4. The first kappa shape index (κ1) is 31.3. The minimum absolute atomic E-state index is 0.0278. The number of carbonyl (C=O) groups excluding carboxylic acids is 1. The number of aliphatic hydroxyl groups excluding tert-OH is 2. The minimum Gasteiger partial charge on any atom is -0.387 e. The van der Waals surface area contributed by atoms with Gasteiger partial charge < -0.3 is 39.5 Å². The van der Waals surface area contributed by atoms with Crippen LogP contribution in [0.5, 0.6) is 0 Å². The van der Waals surface area contributed by atoms with E-state index in [1.165, 1.54) is 23.7 Å². The maximum atomic E-state index is 13.3. The van der Waals surface area contributed by atoms with E-state index in [0.29, 0.717) is 5.92 Å². The number of hydrogen-bond donors (Lipinski definition) is 7. The fourth-order valence-electron chi connectivity index (χ4n) is 8.69. The lowest BCUT2D eigenvalue weighted by atomic mass is 9.43. The second kappa shape index (κ2) is 10.4. The number of imidazole rings is 1. The highest BCUT2D eigenvalue weighted by Crippen LogP contribution is 2.66. The summed E-state index contributed by atoms with van der Waals surface area (Å²) in [4.78, 5) is 53.6. The summed E-state index contributed by atoms with van der Waals surface area (Å²) in [5, 5.41) is 27.0. The summed E-state index contributed by atoms with van der Waals surface area (Å²) in [7, 11) is -9.59. The average molecular weight is 665 g/mol. The third kappa shape index (κ3) is 6.24. The number of aromatic nitrogens is 4. The number of rotatable bonds is 8. The molecule has 2 aromatic rings. The molecule has 1 aliphatic heterocycles. The zero-order valence-corrected chi connectivity index (χ0v) is 26.0. The molecule has 0 spiro atoms. The van der Waals surface area contributed by atoms with Crippen molar-refractivity contribution in [3.8, 4) is 0 Å². The Kier molecular flexibility index (Phi) is 7.57. The molecule has 0 radical (unpaired) electrons. The van der Waals surface area contributed by atoms with Gasteiger partial charge in [0.25, 0.3) is 0 Å². The van der Waals surface area contributed by atoms with Crippen LogP contribution in [0.2, 0.25) is 5.28 Å². The molecule has 0 aromatic carbocycles. The summed E-state index contributed by atoms with van der Waals surface area (Å²) in [6.45, 7) is 3.86. The van der Waals surface area contributed by atoms with Gasteiger partial charge in [0.1, 0.15) is 18.3 Å². The highest BCUT2D eigenvalue weighted by Gasteiger charge is 2.60. The number of hydrogen-bond acceptors (Lipinski definition) is 10. The van der Waals surface area contributed by atoms with E-state index in [4.69, 9.17) is 30.6 Å². The van der Waals surface area contributed by atoms with Gasteiger partial charge in [-0.3, -0.25) is 19.0 Å². The SMILES string of the molecule is C[C@]12CC3CC(NC(=O)Nc4nc(Cl)nc5c4ncn5[C@@H]4O[C@H](COP(=O)(O)CP(=O)(O)O)[C@H](O)[C@@H]4O)(C1)C[C@@](C)(C3)C2. The third-order valence-corrected chi connectivity index (χ3v) is 12.7. The van der Waals surface area contributed by atoms with E-state index >= 15 is 0 Å². The van der Waals surface area contributed by atoms with Gasteiger partial charge in [0.05, 0.1) is 12.9 Å². The Bertz CT molecular complexity index is 1540. The van der Waals surface area contributed by atoms with Gasteiger partial charge in [0.15, 0.2) is 29.1 Å². The molecule has 4 aliphatic carbocycles. The molecule has 7 rings (SSSR count). The Hall–Kier alpha value is -1.71. The van der Waals surface area contributed by atoms with Gasteiger partial charge in [-0.1, -0.05) is 13.8 Å². The van der Waals surface area contributed by atoms with Crippen LogP contribution >= 0.6 is 26.8 Å². The zero-order chi connectivity index (χ0) is 31.2. The van der Waals surface area contributed by atoms with Gasteiger partial charge in [0.2, 0.25) is 5.28 Å². The van der Waals surface area contributed by atoms with E-state index in [1.54, 1.807) is 0 Å². The summed E-state index contributed by atoms with van der Waals surface area (Å²) >= 11 is 6.20. The monoisotopic (exact) mass is 664 g/mol. The molecule has 238 valence electrons. The lowest BCUT2D eigenvalue weighted by Gasteiger charge is -2.65. The fourth-order valence-corrected chi connectivity index (χ4v) is 11.4. The molecule has 9 atom stereocenters. The van der Waals surface area contributed by atoms with Crippen molar-refractivity contribution in [2.45, 2.75) is 82.5 Å². The molecule has 16 nitrogen and oxygen atoms in total. The highest BCUT2D eigenvalue weighted by molar-refractivity contribution is 7.70. The number of nitrogens with one attached hydrogen (secondary N) is 2. The molecule has 2 amide bonds. The molecule has 5 fully saturated rings. The number of carbonyl (C=O) groups is 1. The van der Waals surface area contributed by atoms with Gasteiger partial charge in [-0.15, -0.1) is 0 Å². The van der Waals surface area contributed by atoms with Gasteiger partial charge in [0, 0.05) is 5.54 Å². The van der Waals surface area contributed by atoms with E-state index < -0.39 is 58.3 Å². The molecule has 19 heteroatoms. The summed E-state index contributed by atoms with van der Waals surface area (Å²) in [5.41, 5.74) is 0.262. The predicted molar refractivity (Wildman–Crippen MR) is 151 cm³/mol. The number of aliphatic hydroxyl groups is 2. The normalized spacial score (nSPS) is 38.4. The molecule has 5 aliphatic rings. The van der Waals surface area contributed by atoms with E-state index in [-0.39, 0.29) is 38.6 Å². The Morgan fingerprint density at radius 3 is 2.42 bits per heavy atom. The molecule has 4 bridgehead atoms. The summed E-state index contributed by atoms with van der Waals surface area (Å²) < 4.78 is 34.8. The van der Waals surface area contributed by atoms with Crippen LogP contribution in [0, 0.1) is 16.7 Å². The molecular formula is C24H35ClN6O10P2. The Labute approximate surface area is 251 Å². The predicted octanol–water partition coefficient (Wildman–Crippen LogP) is 2.31. The second-order valence-electron chi connectivity index (χ2n) is 13.4. The Morgan fingerprint density at radius 1 is 1.12 bits per heavy atom. The van der Waals surface area contributed by atoms with Gasteiger partial charge in [-0.2, -0.15) is 9.97 Å². The van der Waals surface area contributed by atoms with Crippen molar-refractivity contribution < 1.29 is 48.1 Å². The van der Waals surface area contributed by atoms with Crippen molar-refractivity contribution in [1.29, 1.82) is 0 Å². The quantitative estimate of drug-likeness (QED) is 0.159. The number of fused-ring (bicyclic) bond motifs is 1. The summed E-state index contributed by atoms with van der Waals surface area (Å²) in [5.74, 6) is -0.819. The van der Waals surface area contributed by atoms with Crippen LogP contribution in [-0.2, 0) is 18.4 Å². The van der Waals surface area contributed by atoms with Crippen LogP contribution in [0.4, 0.5) is 10.6 Å². The van der Waals surface area contributed by atoms with Crippen LogP contribution in [-0.4, -0.2) is 86.8 Å². The van der Waals surface area contributed by atoms with Gasteiger partial charge in [-0.25, -0.2) is 9.78 Å². The van der Waals surface area contributed by atoms with Crippen LogP contribution in [0.15, 0.2) is 6.33 Å². The standard InChI is InChI=1S/C24H35ClN6O10P2/c1-22-3-12-4-23(2,7-22)9-24(5-12,8-22)30-21(34)28-17-14-18(29-20(25)27-17)31(10-26-14)19-16(33)15(32)13(41-19)6-40-43(38,39)11-42(35,36)37/h10,12-13,15-16,19,32-33H,3-9,11H2,1-2H3,(H,38,39)(H2,35,36,37)(H2,27,28,29,30,34)/t12?,13-,15+,16+,19-,22-,23+,24?/m1/s1. The molecule has 3 unspecified atom stereocenters. The molecular weight excluding hydrogens is 630 g/mol. The first-order valence-corrected chi connectivity index (χ1v) is 17.8. The molecule has 43 heavy (non-hydrogen) atoms. The lowest BCUT2D eigenvalue weighted by Crippen LogP contribution is -2.65. The summed E-state index contributed by atoms with van der Waals surface area (Å²) in [6.07, 6.45) is 1.64. The number of anilines is 1. The molecule has 1 saturated heterocycles. The first-order chi connectivity index (χ1) is 19.9. The van der Waals surface area contributed by atoms with Gasteiger partial charge in [-0.05, 0) is 66.9 Å². The maximum Gasteiger partial charge on any atom is 0.340 e. The smallest absolute Gasteiger partial charge is 0.340 e. The van der Waals surface area contributed by atoms with Crippen molar-refractivity contribution >= 4 is 49.8 Å². The second-order valence-corrected chi connectivity index (χ2v) is 17.8. The van der Waals surface area contributed by atoms with Crippen LogP contribution in [0.3, 0.4) is 0 Å². The fraction of sp³-hybridized carbons (Fsp3) is 0.750. The third-order valence-electron chi connectivity index (χ3n) is 9.05. The Morgan fingerprint density at radius 2 is 1.79 bits per heavy atom. The first-order valence-electron chi connectivity index (χ1n) is 13.9. The Balaban J connectivity index is 1.18. The summed E-state index contributed by atoms with van der Waals surface area (Å²) in [6, 6.07) is -0.451. The van der Waals surface area contributed by atoms with Crippen molar-refractivity contribution in [2.75, 3.05) is 17.8 Å². The van der Waals surface area contributed by atoms with Crippen molar-refractivity contribution in [1.82, 2.24) is 24.8 Å². The largest absolute Gasteiger partial charge is 0.387 e. The highest BCUT2D eigenvalue weighted by atomic mass is 35.5. The molecule has 2 aromatic heterocycles. The molecule has 3 heterocycles. The molecule has 7 N–H and O–H groups in total.